The van der Waals surface area contributed by atoms with Crippen LogP contribution in [0.1, 0.15) is 18.2 Å². The van der Waals surface area contributed by atoms with Crippen LogP contribution in [0.4, 0.5) is 14.6 Å². The molecular formula is C14H15F2N3. The van der Waals surface area contributed by atoms with E-state index in [1.54, 1.807) is 0 Å². The third kappa shape index (κ3) is 1.99. The summed E-state index contributed by atoms with van der Waals surface area (Å²) in [5, 5.41) is 7.51. The number of aryl methyl sites for hydroxylation is 1. The topological polar surface area (TPSA) is 29.9 Å². The highest BCUT2D eigenvalue weighted by Crippen LogP contribution is 2.37. The van der Waals surface area contributed by atoms with Crippen molar-refractivity contribution in [1.82, 2.24) is 9.78 Å². The van der Waals surface area contributed by atoms with E-state index in [9.17, 15) is 8.78 Å². The Kier molecular flexibility index (Phi) is 2.97. The van der Waals surface area contributed by atoms with E-state index in [1.807, 2.05) is 37.3 Å². The van der Waals surface area contributed by atoms with Crippen LogP contribution in [0.5, 0.6) is 0 Å². The van der Waals surface area contributed by atoms with Gasteiger partial charge in [-0.05, 0) is 18.9 Å². The minimum atomic E-state index is -2.39. The Morgan fingerprint density at radius 3 is 2.74 bits per heavy atom. The molecule has 0 fully saturated rings. The molecule has 2 heterocycles. The Balaban J connectivity index is 2.13. The van der Waals surface area contributed by atoms with Crippen LogP contribution < -0.4 is 5.32 Å². The van der Waals surface area contributed by atoms with Gasteiger partial charge in [0.05, 0.1) is 5.69 Å². The summed E-state index contributed by atoms with van der Waals surface area (Å²) in [6.07, 6.45) is -1.98. The molecule has 1 N–H and O–H groups in total. The van der Waals surface area contributed by atoms with Crippen molar-refractivity contribution in [3.63, 3.8) is 0 Å². The SMILES string of the molecule is Cc1nn2c(c1-c1ccccc1)NCCC2C(F)F. The molecule has 3 rings (SSSR count). The fourth-order valence-corrected chi connectivity index (χ4v) is 2.60. The van der Waals surface area contributed by atoms with Gasteiger partial charge in [-0.2, -0.15) is 5.10 Å². The second-order valence-corrected chi connectivity index (χ2v) is 4.74. The van der Waals surface area contributed by atoms with E-state index in [0.29, 0.717) is 18.8 Å². The van der Waals surface area contributed by atoms with E-state index in [-0.39, 0.29) is 0 Å². The number of halogens is 2. The van der Waals surface area contributed by atoms with E-state index < -0.39 is 12.5 Å². The fraction of sp³-hybridized carbons (Fsp3) is 0.357. The molecule has 0 saturated heterocycles. The fourth-order valence-electron chi connectivity index (χ4n) is 2.60. The Morgan fingerprint density at radius 1 is 1.32 bits per heavy atom. The quantitative estimate of drug-likeness (QED) is 0.899. The molecule has 1 atom stereocenters. The van der Waals surface area contributed by atoms with E-state index in [2.05, 4.69) is 10.4 Å². The molecule has 3 nitrogen and oxygen atoms in total. The molecule has 1 aromatic carbocycles. The number of fused-ring (bicyclic) bond motifs is 1. The monoisotopic (exact) mass is 263 g/mol. The molecule has 2 aromatic rings. The van der Waals surface area contributed by atoms with Gasteiger partial charge in [-0.3, -0.25) is 0 Å². The molecule has 5 heteroatoms. The Hall–Kier alpha value is -1.91. The highest BCUT2D eigenvalue weighted by atomic mass is 19.3. The van der Waals surface area contributed by atoms with Crippen molar-refractivity contribution in [1.29, 1.82) is 0 Å². The first-order valence-corrected chi connectivity index (χ1v) is 6.35. The molecule has 19 heavy (non-hydrogen) atoms. The number of alkyl halides is 2. The predicted octanol–water partition coefficient (Wildman–Crippen LogP) is 3.48. The van der Waals surface area contributed by atoms with Crippen molar-refractivity contribution in [2.24, 2.45) is 0 Å². The molecule has 0 saturated carbocycles. The maximum absolute atomic E-state index is 13.1. The zero-order valence-corrected chi connectivity index (χ0v) is 10.6. The summed E-state index contributed by atoms with van der Waals surface area (Å²) in [4.78, 5) is 0. The van der Waals surface area contributed by atoms with Gasteiger partial charge < -0.3 is 5.32 Å². The number of hydrogen-bond donors (Lipinski definition) is 1. The number of anilines is 1. The summed E-state index contributed by atoms with van der Waals surface area (Å²) in [6, 6.07) is 8.92. The maximum Gasteiger partial charge on any atom is 0.260 e. The van der Waals surface area contributed by atoms with Gasteiger partial charge in [0.1, 0.15) is 11.9 Å². The average molecular weight is 263 g/mol. The number of benzene rings is 1. The van der Waals surface area contributed by atoms with Gasteiger partial charge in [0.25, 0.3) is 6.43 Å². The maximum atomic E-state index is 13.1. The minimum Gasteiger partial charge on any atom is -0.370 e. The summed E-state index contributed by atoms with van der Waals surface area (Å²) in [7, 11) is 0. The second kappa shape index (κ2) is 4.64. The first-order valence-electron chi connectivity index (χ1n) is 6.35. The van der Waals surface area contributed by atoms with Crippen LogP contribution in [-0.4, -0.2) is 22.8 Å². The van der Waals surface area contributed by atoms with Gasteiger partial charge in [-0.25, -0.2) is 13.5 Å². The zero-order valence-electron chi connectivity index (χ0n) is 10.6. The number of hydrogen-bond acceptors (Lipinski definition) is 2. The van der Waals surface area contributed by atoms with Crippen LogP contribution in [0.2, 0.25) is 0 Å². The van der Waals surface area contributed by atoms with Crippen molar-refractivity contribution in [2.45, 2.75) is 25.8 Å². The van der Waals surface area contributed by atoms with Gasteiger partial charge in [-0.1, -0.05) is 30.3 Å². The molecular weight excluding hydrogens is 248 g/mol. The Labute approximate surface area is 110 Å². The predicted molar refractivity (Wildman–Crippen MR) is 70.5 cm³/mol. The van der Waals surface area contributed by atoms with Crippen molar-refractivity contribution in [2.75, 3.05) is 11.9 Å². The van der Waals surface area contributed by atoms with E-state index >= 15 is 0 Å². The lowest BCUT2D eigenvalue weighted by atomic mass is 10.0. The van der Waals surface area contributed by atoms with Crippen LogP contribution in [0, 0.1) is 6.92 Å². The standard InChI is InChI=1S/C14H15F2N3/c1-9-12(10-5-3-2-4-6-10)14-17-8-7-11(13(15)16)19(14)18-9/h2-6,11,13,17H,7-8H2,1H3. The summed E-state index contributed by atoms with van der Waals surface area (Å²) in [6.45, 7) is 2.41. The average Bonchev–Trinajstić information content (AvgIpc) is 2.75. The number of nitrogens with one attached hydrogen (secondary N) is 1. The molecule has 1 aliphatic heterocycles. The molecule has 0 aliphatic carbocycles. The molecule has 0 spiro atoms. The van der Waals surface area contributed by atoms with Gasteiger partial charge >= 0.3 is 0 Å². The normalized spacial score (nSPS) is 18.2. The van der Waals surface area contributed by atoms with Crippen molar-refractivity contribution < 1.29 is 8.78 Å². The molecule has 100 valence electrons. The van der Waals surface area contributed by atoms with Crippen LogP contribution in [0.3, 0.4) is 0 Å². The first-order chi connectivity index (χ1) is 9.18. The molecule has 1 unspecified atom stereocenters. The molecule has 0 amide bonds. The van der Waals surface area contributed by atoms with Gasteiger partial charge in [-0.15, -0.1) is 0 Å². The van der Waals surface area contributed by atoms with Gasteiger partial charge in [0, 0.05) is 12.1 Å². The zero-order chi connectivity index (χ0) is 13.4. The van der Waals surface area contributed by atoms with E-state index in [0.717, 1.165) is 16.8 Å². The first kappa shape index (κ1) is 12.1. The summed E-state index contributed by atoms with van der Waals surface area (Å²) < 4.78 is 27.6. The Bertz CT molecular complexity index is 578. The lowest BCUT2D eigenvalue weighted by molar-refractivity contribution is 0.0714. The summed E-state index contributed by atoms with van der Waals surface area (Å²) in [5.41, 5.74) is 2.70. The van der Waals surface area contributed by atoms with Crippen LogP contribution in [-0.2, 0) is 0 Å². The second-order valence-electron chi connectivity index (χ2n) is 4.74. The van der Waals surface area contributed by atoms with E-state index in [4.69, 9.17) is 0 Å². The molecule has 0 bridgehead atoms. The summed E-state index contributed by atoms with van der Waals surface area (Å²) in [5.74, 6) is 0.709. The van der Waals surface area contributed by atoms with Crippen molar-refractivity contribution in [3.8, 4) is 11.1 Å². The molecule has 1 aromatic heterocycles. The van der Waals surface area contributed by atoms with Gasteiger partial charge in [0.15, 0.2) is 0 Å². The smallest absolute Gasteiger partial charge is 0.260 e. The number of aromatic nitrogens is 2. The highest BCUT2D eigenvalue weighted by molar-refractivity contribution is 5.78. The van der Waals surface area contributed by atoms with Crippen LogP contribution in [0.15, 0.2) is 30.3 Å². The van der Waals surface area contributed by atoms with E-state index in [1.165, 1.54) is 4.68 Å². The van der Waals surface area contributed by atoms with Gasteiger partial charge in [0.2, 0.25) is 0 Å². The molecule has 1 aliphatic rings. The number of nitrogens with zero attached hydrogens (tertiary/aromatic N) is 2. The Morgan fingerprint density at radius 2 is 2.05 bits per heavy atom. The van der Waals surface area contributed by atoms with Crippen molar-refractivity contribution in [3.05, 3.63) is 36.0 Å². The van der Waals surface area contributed by atoms with Crippen LogP contribution >= 0.6 is 0 Å². The third-order valence-electron chi connectivity index (χ3n) is 3.49. The lowest BCUT2D eigenvalue weighted by Crippen LogP contribution is -2.28. The summed E-state index contributed by atoms with van der Waals surface area (Å²) >= 11 is 0. The minimum absolute atomic E-state index is 0.403. The highest BCUT2D eigenvalue weighted by Gasteiger charge is 2.31. The molecule has 0 radical (unpaired) electrons. The van der Waals surface area contributed by atoms with Crippen LogP contribution in [0.25, 0.3) is 11.1 Å². The largest absolute Gasteiger partial charge is 0.370 e. The number of rotatable bonds is 2. The third-order valence-corrected chi connectivity index (χ3v) is 3.49. The lowest BCUT2D eigenvalue weighted by Gasteiger charge is -2.25. The van der Waals surface area contributed by atoms with Crippen molar-refractivity contribution >= 4 is 5.82 Å².